The van der Waals surface area contributed by atoms with E-state index in [2.05, 4.69) is 30.2 Å². The molecule has 0 spiro atoms. The van der Waals surface area contributed by atoms with E-state index in [0.29, 0.717) is 23.2 Å². The number of carbonyl (C=O) groups excluding carboxylic acids is 1. The van der Waals surface area contributed by atoms with Gasteiger partial charge in [-0.15, -0.1) is 11.3 Å². The summed E-state index contributed by atoms with van der Waals surface area (Å²) in [6.45, 7) is 4.16. The Morgan fingerprint density at radius 1 is 1.44 bits per heavy atom. The van der Waals surface area contributed by atoms with Gasteiger partial charge in [-0.2, -0.15) is 10.2 Å². The summed E-state index contributed by atoms with van der Waals surface area (Å²) in [6.07, 6.45) is 1.21. The van der Waals surface area contributed by atoms with E-state index in [4.69, 9.17) is 10.5 Å². The molecule has 2 aliphatic rings. The summed E-state index contributed by atoms with van der Waals surface area (Å²) in [4.78, 5) is 18.4. The molecule has 6 nitrogen and oxygen atoms in total. The van der Waals surface area contributed by atoms with E-state index in [9.17, 15) is 10.1 Å². The molecule has 1 atom stereocenters. The zero-order valence-electron chi connectivity index (χ0n) is 15.4. The fourth-order valence-corrected chi connectivity index (χ4v) is 4.93. The van der Waals surface area contributed by atoms with E-state index in [-0.39, 0.29) is 28.8 Å². The quantitative estimate of drug-likeness (QED) is 0.822. The van der Waals surface area contributed by atoms with E-state index in [1.807, 2.05) is 17.5 Å². The van der Waals surface area contributed by atoms with Crippen molar-refractivity contribution in [3.05, 3.63) is 44.8 Å². The number of carbonyl (C=O) groups is 1. The normalized spacial score (nSPS) is 20.4. The number of nitrogens with zero attached hydrogens (tertiary/aromatic N) is 2. The van der Waals surface area contributed by atoms with E-state index in [1.54, 1.807) is 11.3 Å². The van der Waals surface area contributed by atoms with Gasteiger partial charge in [-0.25, -0.2) is 0 Å². The molecule has 0 amide bonds. The average Bonchev–Trinajstić information content (AvgIpc) is 3.13. The van der Waals surface area contributed by atoms with Gasteiger partial charge in [0, 0.05) is 28.1 Å². The van der Waals surface area contributed by atoms with Crippen molar-refractivity contribution in [2.75, 3.05) is 18.2 Å². The van der Waals surface area contributed by atoms with Crippen molar-refractivity contribution in [2.45, 2.75) is 32.6 Å². The summed E-state index contributed by atoms with van der Waals surface area (Å²) in [7, 11) is 1.46. The van der Waals surface area contributed by atoms with Gasteiger partial charge in [-0.05, 0) is 23.3 Å². The Bertz CT molecular complexity index is 1020. The number of ketones is 1. The monoisotopic (exact) mass is 380 g/mol. The number of nitriles is 1. The number of anilines is 2. The summed E-state index contributed by atoms with van der Waals surface area (Å²) in [6, 6.07) is 6.14. The minimum Gasteiger partial charge on any atom is -0.480 e. The number of fused-ring (bicyclic) bond motifs is 1. The molecule has 138 valence electrons. The highest BCUT2D eigenvalue weighted by molar-refractivity contribution is 7.10. The van der Waals surface area contributed by atoms with Gasteiger partial charge in [0.15, 0.2) is 5.78 Å². The lowest BCUT2D eigenvalue weighted by molar-refractivity contribution is -0.118. The molecule has 2 aromatic heterocycles. The number of pyridine rings is 1. The molecular weight excluding hydrogens is 360 g/mol. The number of thiophene rings is 1. The number of ether oxygens (including phenoxy) is 1. The summed E-state index contributed by atoms with van der Waals surface area (Å²) >= 11 is 1.57. The van der Waals surface area contributed by atoms with Crippen LogP contribution in [0.15, 0.2) is 28.8 Å². The first-order valence-corrected chi connectivity index (χ1v) is 9.58. The van der Waals surface area contributed by atoms with E-state index < -0.39 is 0 Å². The number of aromatic nitrogens is 1. The Labute approximate surface area is 161 Å². The van der Waals surface area contributed by atoms with Gasteiger partial charge in [-0.1, -0.05) is 19.9 Å². The van der Waals surface area contributed by atoms with Gasteiger partial charge < -0.3 is 15.8 Å². The molecule has 1 aliphatic carbocycles. The molecule has 0 fully saturated rings. The number of nitrogens with two attached hydrogens (primary N) is 1. The fourth-order valence-electron chi connectivity index (χ4n) is 4.09. The molecule has 3 heterocycles. The van der Waals surface area contributed by atoms with Gasteiger partial charge in [0.1, 0.15) is 17.5 Å². The molecule has 3 N–H and O–H groups in total. The maximum absolute atomic E-state index is 13.1. The maximum Gasteiger partial charge on any atom is 0.235 e. The lowest BCUT2D eigenvalue weighted by Crippen LogP contribution is -2.34. The lowest BCUT2D eigenvalue weighted by Gasteiger charge is -2.39. The van der Waals surface area contributed by atoms with Crippen LogP contribution in [-0.2, 0) is 4.79 Å². The second-order valence-corrected chi connectivity index (χ2v) is 8.67. The van der Waals surface area contributed by atoms with Crippen molar-refractivity contribution >= 4 is 28.6 Å². The number of Topliss-reactive ketones (excluding diaryl/α,β-unsaturated/α-hetero) is 1. The number of nitrogens with one attached hydrogen (secondary N) is 1. The number of hydrogen-bond donors (Lipinski definition) is 2. The smallest absolute Gasteiger partial charge is 0.235 e. The number of allylic oxidation sites excluding steroid dienone is 2. The van der Waals surface area contributed by atoms with Gasteiger partial charge in [0.25, 0.3) is 0 Å². The Balaban J connectivity index is 2.03. The standard InChI is InChI=1S/C20H20N4O2S/c1-20(2)7-11-14(12(25)8-20)15(13-5-4-6-27-13)16-17(23-11)10(9-21)19(26-3)24-18(16)22/h4-6,15,23H,7-8H2,1-3H3,(H2,22,24)/t15-/m0/s1. The number of methoxy groups -OCH3 is 1. The third-order valence-electron chi connectivity index (χ3n) is 5.14. The Morgan fingerprint density at radius 3 is 2.85 bits per heavy atom. The second-order valence-electron chi connectivity index (χ2n) is 7.69. The van der Waals surface area contributed by atoms with Crippen molar-refractivity contribution in [1.29, 1.82) is 5.26 Å². The first-order chi connectivity index (χ1) is 12.9. The van der Waals surface area contributed by atoms with Crippen LogP contribution in [0.25, 0.3) is 0 Å². The van der Waals surface area contributed by atoms with Crippen LogP contribution in [0.4, 0.5) is 11.5 Å². The molecule has 27 heavy (non-hydrogen) atoms. The van der Waals surface area contributed by atoms with Gasteiger partial charge in [0.05, 0.1) is 18.7 Å². The average molecular weight is 380 g/mol. The molecular formula is C20H20N4O2S. The van der Waals surface area contributed by atoms with Crippen LogP contribution in [0.5, 0.6) is 5.88 Å². The summed E-state index contributed by atoms with van der Waals surface area (Å²) in [5, 5.41) is 15.1. The largest absolute Gasteiger partial charge is 0.480 e. The molecule has 0 unspecified atom stereocenters. The molecule has 4 rings (SSSR count). The second kappa shape index (κ2) is 6.10. The first kappa shape index (κ1) is 17.6. The van der Waals surface area contributed by atoms with Crippen molar-refractivity contribution < 1.29 is 9.53 Å². The maximum atomic E-state index is 13.1. The fraction of sp³-hybridized carbons (Fsp3) is 0.350. The molecule has 7 heteroatoms. The third-order valence-corrected chi connectivity index (χ3v) is 6.07. The van der Waals surface area contributed by atoms with Crippen LogP contribution in [0, 0.1) is 16.7 Å². The highest BCUT2D eigenvalue weighted by atomic mass is 32.1. The highest BCUT2D eigenvalue weighted by Crippen LogP contribution is 2.52. The summed E-state index contributed by atoms with van der Waals surface area (Å²) < 4.78 is 5.27. The highest BCUT2D eigenvalue weighted by Gasteiger charge is 2.43. The summed E-state index contributed by atoms with van der Waals surface area (Å²) in [5.74, 6) is 0.268. The Kier molecular flexibility index (Phi) is 3.97. The third kappa shape index (κ3) is 2.68. The molecule has 0 bridgehead atoms. The first-order valence-electron chi connectivity index (χ1n) is 8.70. The summed E-state index contributed by atoms with van der Waals surface area (Å²) in [5.41, 5.74) is 9.35. The van der Waals surface area contributed by atoms with Crippen LogP contribution in [0.3, 0.4) is 0 Å². The van der Waals surface area contributed by atoms with Crippen molar-refractivity contribution in [2.24, 2.45) is 5.41 Å². The zero-order chi connectivity index (χ0) is 19.3. The Morgan fingerprint density at radius 2 is 2.22 bits per heavy atom. The topological polar surface area (TPSA) is 101 Å². The zero-order valence-corrected chi connectivity index (χ0v) is 16.2. The number of hydrogen-bond acceptors (Lipinski definition) is 7. The predicted octanol–water partition coefficient (Wildman–Crippen LogP) is 3.81. The van der Waals surface area contributed by atoms with Crippen molar-refractivity contribution in [3.63, 3.8) is 0 Å². The van der Waals surface area contributed by atoms with Crippen LogP contribution in [-0.4, -0.2) is 17.9 Å². The molecule has 0 aromatic carbocycles. The number of rotatable bonds is 2. The van der Waals surface area contributed by atoms with Gasteiger partial charge >= 0.3 is 0 Å². The minimum absolute atomic E-state index is 0.117. The molecule has 0 saturated heterocycles. The van der Waals surface area contributed by atoms with Crippen LogP contribution in [0.2, 0.25) is 0 Å². The SMILES string of the molecule is COc1nc(N)c2c(c1C#N)NC1=C(C(=O)CC(C)(C)C1)[C@@H]2c1cccs1. The van der Waals surface area contributed by atoms with Crippen molar-refractivity contribution in [3.8, 4) is 11.9 Å². The predicted molar refractivity (Wildman–Crippen MR) is 105 cm³/mol. The van der Waals surface area contributed by atoms with Crippen LogP contribution in [0.1, 0.15) is 48.6 Å². The molecule has 2 aromatic rings. The Hall–Kier alpha value is -2.85. The molecule has 1 aliphatic heterocycles. The molecule has 0 saturated carbocycles. The molecule has 0 radical (unpaired) electrons. The van der Waals surface area contributed by atoms with Crippen LogP contribution >= 0.6 is 11.3 Å². The van der Waals surface area contributed by atoms with Gasteiger partial charge in [-0.3, -0.25) is 4.79 Å². The minimum atomic E-state index is -0.314. The van der Waals surface area contributed by atoms with Gasteiger partial charge in [0.2, 0.25) is 5.88 Å². The van der Waals surface area contributed by atoms with Crippen LogP contribution < -0.4 is 15.8 Å². The van der Waals surface area contributed by atoms with E-state index in [0.717, 1.165) is 22.6 Å². The number of nitrogen functional groups attached to an aromatic ring is 1. The van der Waals surface area contributed by atoms with E-state index >= 15 is 0 Å². The van der Waals surface area contributed by atoms with Crippen molar-refractivity contribution in [1.82, 2.24) is 4.98 Å². The van der Waals surface area contributed by atoms with E-state index in [1.165, 1.54) is 7.11 Å². The lowest BCUT2D eigenvalue weighted by atomic mass is 9.69.